The van der Waals surface area contributed by atoms with Gasteiger partial charge in [-0.25, -0.2) is 4.39 Å². The van der Waals surface area contributed by atoms with Crippen LogP contribution >= 0.6 is 58.0 Å². The number of alkyl halides is 2. The van der Waals surface area contributed by atoms with Gasteiger partial charge >= 0.3 is 0 Å². The Morgan fingerprint density at radius 2 is 1.60 bits per heavy atom. The average Bonchev–Trinajstić information content (AvgIpc) is 3.36. The summed E-state index contributed by atoms with van der Waals surface area (Å²) < 4.78 is 11.9. The van der Waals surface area contributed by atoms with E-state index in [4.69, 9.17) is 58.0 Å². The van der Waals surface area contributed by atoms with E-state index >= 15 is 0 Å². The lowest BCUT2D eigenvalue weighted by molar-refractivity contribution is -0.117. The van der Waals surface area contributed by atoms with Crippen LogP contribution in [-0.4, -0.2) is 16.0 Å². The van der Waals surface area contributed by atoms with Crippen molar-refractivity contribution in [3.63, 3.8) is 0 Å². The highest BCUT2D eigenvalue weighted by Gasteiger charge is 2.67. The van der Waals surface area contributed by atoms with Crippen LogP contribution in [-0.2, 0) is 4.79 Å². The number of hydrogen-bond acceptors (Lipinski definition) is 2. The number of benzene rings is 3. The number of carbonyl (C=O) groups excluding carboxylic acids is 2. The highest BCUT2D eigenvalue weighted by molar-refractivity contribution is 6.53. The number of Topliss-reactive ketones (excluding diaryl/α,β-unsaturated/α-hetero) is 1. The maximum absolute atomic E-state index is 13.2. The summed E-state index contributed by atoms with van der Waals surface area (Å²) in [4.78, 5) is 26.0. The fourth-order valence-corrected chi connectivity index (χ4v) is 5.75. The molecule has 182 valence electrons. The molecular weight excluding hydrogens is 555 g/mol. The van der Waals surface area contributed by atoms with Gasteiger partial charge in [0.2, 0.25) is 5.91 Å². The third kappa shape index (κ3) is 5.79. The van der Waals surface area contributed by atoms with Crippen LogP contribution in [0.2, 0.25) is 15.1 Å². The SMILES string of the molecule is CC(CC(=O)c1cc(NC(=O)C2C(c3cc(Cl)cc(Cl)c3)C2(Cl)Cl)ccc1Cl)c1ccc(F)cc1. The number of anilines is 1. The Morgan fingerprint density at radius 1 is 0.971 bits per heavy atom. The Labute approximate surface area is 227 Å². The summed E-state index contributed by atoms with van der Waals surface area (Å²) in [5.74, 6) is -2.34. The molecule has 35 heavy (non-hydrogen) atoms. The van der Waals surface area contributed by atoms with E-state index in [-0.39, 0.29) is 34.5 Å². The highest BCUT2D eigenvalue weighted by atomic mass is 35.5. The first-order valence-corrected chi connectivity index (χ1v) is 12.6. The van der Waals surface area contributed by atoms with Crippen molar-refractivity contribution >= 4 is 75.4 Å². The van der Waals surface area contributed by atoms with Gasteiger partial charge in [-0.1, -0.05) is 53.9 Å². The molecule has 1 fully saturated rings. The minimum absolute atomic E-state index is 0.151. The molecule has 9 heteroatoms. The number of nitrogens with one attached hydrogen (secondary N) is 1. The van der Waals surface area contributed by atoms with E-state index in [1.807, 2.05) is 6.92 Å². The summed E-state index contributed by atoms with van der Waals surface area (Å²) in [6.45, 7) is 1.88. The number of amides is 1. The van der Waals surface area contributed by atoms with Crippen molar-refractivity contribution in [2.45, 2.75) is 29.5 Å². The third-order valence-corrected chi connectivity index (χ3v) is 7.75. The van der Waals surface area contributed by atoms with Gasteiger partial charge in [0, 0.05) is 33.6 Å². The van der Waals surface area contributed by atoms with E-state index in [1.165, 1.54) is 18.2 Å². The van der Waals surface area contributed by atoms with Crippen LogP contribution in [0.5, 0.6) is 0 Å². The van der Waals surface area contributed by atoms with Gasteiger partial charge in [0.1, 0.15) is 10.2 Å². The van der Waals surface area contributed by atoms with Gasteiger partial charge in [-0.05, 0) is 65.6 Å². The first kappa shape index (κ1) is 26.2. The number of hydrogen-bond donors (Lipinski definition) is 1. The Morgan fingerprint density at radius 3 is 2.23 bits per heavy atom. The summed E-state index contributed by atoms with van der Waals surface area (Å²) in [5, 5.41) is 3.87. The maximum atomic E-state index is 13.2. The van der Waals surface area contributed by atoms with E-state index in [1.54, 1.807) is 42.5 Å². The van der Waals surface area contributed by atoms with Crippen LogP contribution in [0.1, 0.15) is 46.7 Å². The van der Waals surface area contributed by atoms with Crippen LogP contribution in [0.3, 0.4) is 0 Å². The average molecular weight is 574 g/mol. The van der Waals surface area contributed by atoms with Crippen molar-refractivity contribution in [1.82, 2.24) is 0 Å². The largest absolute Gasteiger partial charge is 0.326 e. The van der Waals surface area contributed by atoms with Crippen LogP contribution in [0.25, 0.3) is 0 Å². The standard InChI is InChI=1S/C26H19Cl5FNO2/c1-13(14-2-4-18(32)5-3-14)8-22(34)20-12-19(6-7-21(20)29)33-25(35)24-23(26(24,30)31)15-9-16(27)11-17(28)10-15/h2-7,9-13,23-24H,8H2,1H3,(H,33,35). The summed E-state index contributed by atoms with van der Waals surface area (Å²) in [6.07, 6.45) is 0.162. The molecular formula is C26H19Cl5FNO2. The van der Waals surface area contributed by atoms with Crippen LogP contribution in [0.15, 0.2) is 60.7 Å². The Balaban J connectivity index is 1.48. The second kappa shape index (κ2) is 10.3. The maximum Gasteiger partial charge on any atom is 0.231 e. The molecule has 3 nitrogen and oxygen atoms in total. The molecule has 0 spiro atoms. The van der Waals surface area contributed by atoms with Crippen molar-refractivity contribution in [3.05, 3.63) is 98.2 Å². The second-order valence-corrected chi connectivity index (χ2v) is 11.3. The monoisotopic (exact) mass is 571 g/mol. The number of halogens is 6. The minimum atomic E-state index is -1.33. The van der Waals surface area contributed by atoms with Gasteiger partial charge in [0.05, 0.1) is 10.9 Å². The fourth-order valence-electron chi connectivity index (χ4n) is 4.16. The molecule has 1 aliphatic carbocycles. The zero-order valence-electron chi connectivity index (χ0n) is 18.3. The van der Waals surface area contributed by atoms with Gasteiger partial charge in [-0.2, -0.15) is 0 Å². The molecule has 0 bridgehead atoms. The topological polar surface area (TPSA) is 46.2 Å². The fraction of sp³-hybridized carbons (Fsp3) is 0.231. The molecule has 0 saturated heterocycles. The second-order valence-electron chi connectivity index (χ2n) is 8.60. The molecule has 3 aromatic carbocycles. The molecule has 0 heterocycles. The lowest BCUT2D eigenvalue weighted by atomic mass is 9.93. The van der Waals surface area contributed by atoms with Crippen molar-refractivity contribution < 1.29 is 14.0 Å². The van der Waals surface area contributed by atoms with E-state index in [0.717, 1.165) is 5.56 Å². The minimum Gasteiger partial charge on any atom is -0.326 e. The first-order chi connectivity index (χ1) is 16.5. The normalized spacial score (nSPS) is 19.2. The molecule has 3 aromatic rings. The molecule has 0 aliphatic heterocycles. The summed E-state index contributed by atoms with van der Waals surface area (Å²) in [5.41, 5.74) is 2.16. The molecule has 1 amide bonds. The van der Waals surface area contributed by atoms with Crippen molar-refractivity contribution in [1.29, 1.82) is 0 Å². The first-order valence-electron chi connectivity index (χ1n) is 10.7. The number of rotatable bonds is 7. The van der Waals surface area contributed by atoms with Gasteiger partial charge in [0.25, 0.3) is 0 Å². The van der Waals surface area contributed by atoms with Crippen LogP contribution in [0, 0.1) is 11.7 Å². The van der Waals surface area contributed by atoms with E-state index in [2.05, 4.69) is 5.32 Å². The van der Waals surface area contributed by atoms with Crippen molar-refractivity contribution in [2.75, 3.05) is 5.32 Å². The zero-order chi connectivity index (χ0) is 25.5. The Bertz CT molecular complexity index is 1280. The molecule has 1 saturated carbocycles. The molecule has 4 rings (SSSR count). The van der Waals surface area contributed by atoms with Crippen LogP contribution in [0.4, 0.5) is 10.1 Å². The number of carbonyl (C=O) groups is 2. The summed E-state index contributed by atoms with van der Waals surface area (Å²) in [6, 6.07) is 15.6. The lowest BCUT2D eigenvalue weighted by Crippen LogP contribution is -2.17. The predicted octanol–water partition coefficient (Wildman–Crippen LogP) is 8.69. The highest BCUT2D eigenvalue weighted by Crippen LogP contribution is 2.65. The lowest BCUT2D eigenvalue weighted by Gasteiger charge is -2.13. The molecule has 1 aliphatic rings. The third-order valence-electron chi connectivity index (χ3n) is 6.04. The van der Waals surface area contributed by atoms with Crippen molar-refractivity contribution in [2.24, 2.45) is 5.92 Å². The molecule has 0 radical (unpaired) electrons. The van der Waals surface area contributed by atoms with Gasteiger partial charge < -0.3 is 5.32 Å². The van der Waals surface area contributed by atoms with Gasteiger partial charge in [-0.15, -0.1) is 23.2 Å². The van der Waals surface area contributed by atoms with E-state index in [9.17, 15) is 14.0 Å². The smallest absolute Gasteiger partial charge is 0.231 e. The Kier molecular flexibility index (Phi) is 7.71. The number of ketones is 1. The van der Waals surface area contributed by atoms with Crippen molar-refractivity contribution in [3.8, 4) is 0 Å². The van der Waals surface area contributed by atoms with E-state index < -0.39 is 22.1 Å². The Hall–Kier alpha value is -1.82. The summed E-state index contributed by atoms with van der Waals surface area (Å²) >= 11 is 31.3. The van der Waals surface area contributed by atoms with E-state index in [0.29, 0.717) is 21.3 Å². The van der Waals surface area contributed by atoms with Gasteiger partial charge in [-0.3, -0.25) is 9.59 Å². The molecule has 3 atom stereocenters. The molecule has 3 unspecified atom stereocenters. The molecule has 0 aromatic heterocycles. The summed E-state index contributed by atoms with van der Waals surface area (Å²) in [7, 11) is 0. The van der Waals surface area contributed by atoms with Gasteiger partial charge in [0.15, 0.2) is 5.78 Å². The predicted molar refractivity (Wildman–Crippen MR) is 141 cm³/mol. The molecule has 1 N–H and O–H groups in total. The quantitative estimate of drug-likeness (QED) is 0.227. The van der Waals surface area contributed by atoms with Crippen LogP contribution < -0.4 is 5.32 Å². The zero-order valence-corrected chi connectivity index (χ0v) is 22.1.